The fraction of sp³-hybridized carbons (Fsp3) is 0.571. The molecule has 0 amide bonds. The number of hydrogen-bond donors (Lipinski definition) is 1. The van der Waals surface area contributed by atoms with Crippen molar-refractivity contribution in [2.75, 3.05) is 13.2 Å². The number of sulfone groups is 1. The van der Waals surface area contributed by atoms with Gasteiger partial charge in [-0.2, -0.15) is 0 Å². The molecule has 4 nitrogen and oxygen atoms in total. The molecular formula is C14H19NO3S. The van der Waals surface area contributed by atoms with Crippen molar-refractivity contribution in [1.29, 1.82) is 0 Å². The Morgan fingerprint density at radius 3 is 2.79 bits per heavy atom. The van der Waals surface area contributed by atoms with E-state index in [1.165, 1.54) is 11.1 Å². The summed E-state index contributed by atoms with van der Waals surface area (Å²) < 4.78 is 30.6. The Hall–Kier alpha value is -0.910. The highest BCUT2D eigenvalue weighted by molar-refractivity contribution is 7.92. The van der Waals surface area contributed by atoms with E-state index in [0.29, 0.717) is 17.9 Å². The highest BCUT2D eigenvalue weighted by Gasteiger charge is 2.35. The van der Waals surface area contributed by atoms with Crippen LogP contribution in [0.15, 0.2) is 23.1 Å². The summed E-state index contributed by atoms with van der Waals surface area (Å²) in [5, 5.41) is -0.610. The van der Waals surface area contributed by atoms with Crippen LogP contribution in [0.1, 0.15) is 24.0 Å². The van der Waals surface area contributed by atoms with Gasteiger partial charge in [0.25, 0.3) is 0 Å². The molecule has 0 aromatic heterocycles. The topological polar surface area (TPSA) is 69.4 Å². The SMILES string of the molecule is NC1CCOCC1S(=O)(=O)c1ccc2c(c1)CCC2. The van der Waals surface area contributed by atoms with E-state index in [-0.39, 0.29) is 12.6 Å². The van der Waals surface area contributed by atoms with Crippen LogP contribution in [0.4, 0.5) is 0 Å². The first-order chi connectivity index (χ1) is 9.09. The van der Waals surface area contributed by atoms with Gasteiger partial charge < -0.3 is 10.5 Å². The van der Waals surface area contributed by atoms with Gasteiger partial charge in [-0.3, -0.25) is 0 Å². The van der Waals surface area contributed by atoms with Crippen molar-refractivity contribution in [2.24, 2.45) is 5.73 Å². The molecule has 2 atom stereocenters. The van der Waals surface area contributed by atoms with Gasteiger partial charge in [0.05, 0.1) is 11.5 Å². The minimum atomic E-state index is -3.38. The third-order valence-electron chi connectivity index (χ3n) is 4.15. The van der Waals surface area contributed by atoms with Crippen molar-refractivity contribution in [3.63, 3.8) is 0 Å². The van der Waals surface area contributed by atoms with Crippen LogP contribution < -0.4 is 5.73 Å². The molecule has 0 radical (unpaired) electrons. The zero-order chi connectivity index (χ0) is 13.5. The number of hydrogen-bond acceptors (Lipinski definition) is 4. The summed E-state index contributed by atoms with van der Waals surface area (Å²) in [6.07, 6.45) is 3.76. The number of rotatable bonds is 2. The summed E-state index contributed by atoms with van der Waals surface area (Å²) in [5.74, 6) is 0. The molecule has 1 aliphatic heterocycles. The average molecular weight is 281 g/mol. The molecule has 5 heteroatoms. The highest BCUT2D eigenvalue weighted by Crippen LogP contribution is 2.28. The average Bonchev–Trinajstić information content (AvgIpc) is 2.86. The van der Waals surface area contributed by atoms with Crippen LogP contribution in [0.3, 0.4) is 0 Å². The van der Waals surface area contributed by atoms with Crippen molar-refractivity contribution < 1.29 is 13.2 Å². The number of aryl methyl sites for hydroxylation is 2. The van der Waals surface area contributed by atoms with Gasteiger partial charge in [0.2, 0.25) is 0 Å². The summed E-state index contributed by atoms with van der Waals surface area (Å²) in [5.41, 5.74) is 8.41. The monoisotopic (exact) mass is 281 g/mol. The lowest BCUT2D eigenvalue weighted by Crippen LogP contribution is -2.47. The molecule has 1 fully saturated rings. The second-order valence-corrected chi connectivity index (χ2v) is 7.56. The molecule has 1 aromatic rings. The minimum Gasteiger partial charge on any atom is -0.380 e. The van der Waals surface area contributed by atoms with Crippen molar-refractivity contribution in [3.8, 4) is 0 Å². The fourth-order valence-electron chi connectivity index (χ4n) is 2.95. The standard InChI is InChI=1S/C14H19NO3S/c15-13-6-7-18-9-14(13)19(16,17)12-5-4-10-2-1-3-11(10)8-12/h4-5,8,13-14H,1-3,6-7,9,15H2. The van der Waals surface area contributed by atoms with Crippen molar-refractivity contribution in [2.45, 2.75) is 41.9 Å². The van der Waals surface area contributed by atoms with E-state index in [4.69, 9.17) is 10.5 Å². The van der Waals surface area contributed by atoms with Gasteiger partial charge in [-0.15, -0.1) is 0 Å². The Morgan fingerprint density at radius 2 is 2.00 bits per heavy atom. The summed E-state index contributed by atoms with van der Waals surface area (Å²) >= 11 is 0. The van der Waals surface area contributed by atoms with Gasteiger partial charge in [-0.25, -0.2) is 8.42 Å². The van der Waals surface area contributed by atoms with Gasteiger partial charge in [-0.05, 0) is 48.9 Å². The number of fused-ring (bicyclic) bond motifs is 1. The predicted octanol–water partition coefficient (Wildman–Crippen LogP) is 1.07. The third kappa shape index (κ3) is 2.30. The van der Waals surface area contributed by atoms with Gasteiger partial charge >= 0.3 is 0 Å². The molecule has 2 N–H and O–H groups in total. The molecule has 2 aliphatic rings. The zero-order valence-corrected chi connectivity index (χ0v) is 11.7. The Kier molecular flexibility index (Phi) is 3.37. The zero-order valence-electron chi connectivity index (χ0n) is 10.8. The number of benzene rings is 1. The van der Waals surface area contributed by atoms with Crippen molar-refractivity contribution >= 4 is 9.84 Å². The maximum atomic E-state index is 12.6. The van der Waals surface area contributed by atoms with E-state index in [0.717, 1.165) is 19.3 Å². The van der Waals surface area contributed by atoms with E-state index < -0.39 is 15.1 Å². The molecule has 104 valence electrons. The van der Waals surface area contributed by atoms with E-state index in [9.17, 15) is 8.42 Å². The Balaban J connectivity index is 1.95. The van der Waals surface area contributed by atoms with Gasteiger partial charge in [0.15, 0.2) is 9.84 Å². The second-order valence-electron chi connectivity index (χ2n) is 5.39. The van der Waals surface area contributed by atoms with Crippen LogP contribution >= 0.6 is 0 Å². The Bertz CT molecular complexity index is 582. The Labute approximate surface area is 113 Å². The molecule has 0 spiro atoms. The van der Waals surface area contributed by atoms with Crippen LogP contribution in [-0.2, 0) is 27.4 Å². The van der Waals surface area contributed by atoms with E-state index in [1.807, 2.05) is 12.1 Å². The second kappa shape index (κ2) is 4.89. The van der Waals surface area contributed by atoms with Crippen LogP contribution in [0.25, 0.3) is 0 Å². The molecule has 1 saturated heterocycles. The molecule has 19 heavy (non-hydrogen) atoms. The Morgan fingerprint density at radius 1 is 1.21 bits per heavy atom. The van der Waals surface area contributed by atoms with Crippen LogP contribution in [0.2, 0.25) is 0 Å². The molecule has 1 aromatic carbocycles. The quantitative estimate of drug-likeness (QED) is 0.880. The lowest BCUT2D eigenvalue weighted by atomic mass is 10.1. The number of ether oxygens (including phenoxy) is 1. The van der Waals surface area contributed by atoms with Gasteiger partial charge in [0, 0.05) is 12.6 Å². The highest BCUT2D eigenvalue weighted by atomic mass is 32.2. The fourth-order valence-corrected chi connectivity index (χ4v) is 4.73. The molecule has 1 aliphatic carbocycles. The molecule has 0 saturated carbocycles. The van der Waals surface area contributed by atoms with E-state index in [2.05, 4.69) is 0 Å². The van der Waals surface area contributed by atoms with Crippen LogP contribution in [0.5, 0.6) is 0 Å². The largest absolute Gasteiger partial charge is 0.380 e. The first-order valence-corrected chi connectivity index (χ1v) is 8.33. The lowest BCUT2D eigenvalue weighted by Gasteiger charge is -2.28. The molecule has 1 heterocycles. The van der Waals surface area contributed by atoms with Gasteiger partial charge in [-0.1, -0.05) is 6.07 Å². The summed E-state index contributed by atoms with van der Waals surface area (Å²) in [4.78, 5) is 0.402. The first kappa shape index (κ1) is 13.1. The summed E-state index contributed by atoms with van der Waals surface area (Å²) in [6, 6.07) is 5.18. The molecule has 2 unspecified atom stereocenters. The maximum absolute atomic E-state index is 12.6. The lowest BCUT2D eigenvalue weighted by molar-refractivity contribution is 0.0891. The van der Waals surface area contributed by atoms with Crippen LogP contribution in [0, 0.1) is 0 Å². The summed E-state index contributed by atoms with van der Waals surface area (Å²) in [7, 11) is -3.38. The molecule has 0 bridgehead atoms. The molecular weight excluding hydrogens is 262 g/mol. The predicted molar refractivity (Wildman–Crippen MR) is 72.9 cm³/mol. The molecule has 3 rings (SSSR count). The first-order valence-electron chi connectivity index (χ1n) is 6.78. The smallest absolute Gasteiger partial charge is 0.185 e. The van der Waals surface area contributed by atoms with Crippen molar-refractivity contribution in [1.82, 2.24) is 0 Å². The maximum Gasteiger partial charge on any atom is 0.185 e. The van der Waals surface area contributed by atoms with Crippen molar-refractivity contribution in [3.05, 3.63) is 29.3 Å². The van der Waals surface area contributed by atoms with Gasteiger partial charge in [0.1, 0.15) is 5.25 Å². The minimum absolute atomic E-state index is 0.209. The van der Waals surface area contributed by atoms with Crippen LogP contribution in [-0.4, -0.2) is 32.9 Å². The van der Waals surface area contributed by atoms with E-state index >= 15 is 0 Å². The third-order valence-corrected chi connectivity index (χ3v) is 6.35. The summed E-state index contributed by atoms with van der Waals surface area (Å²) in [6.45, 7) is 0.762. The van der Waals surface area contributed by atoms with E-state index in [1.54, 1.807) is 6.07 Å². The normalized spacial score (nSPS) is 27.2. The number of nitrogens with two attached hydrogens (primary N) is 1.